The summed E-state index contributed by atoms with van der Waals surface area (Å²) in [7, 11) is 1.63. The summed E-state index contributed by atoms with van der Waals surface area (Å²) in [6.07, 6.45) is 1.66. The van der Waals surface area contributed by atoms with Gasteiger partial charge in [0.2, 0.25) is 5.91 Å². The number of nitrogens with one attached hydrogen (secondary N) is 1. The van der Waals surface area contributed by atoms with E-state index >= 15 is 0 Å². The van der Waals surface area contributed by atoms with Gasteiger partial charge >= 0.3 is 0 Å². The second-order valence-electron chi connectivity index (χ2n) is 4.71. The van der Waals surface area contributed by atoms with Crippen LogP contribution in [0.15, 0.2) is 12.1 Å². The van der Waals surface area contributed by atoms with E-state index in [9.17, 15) is 4.79 Å². The van der Waals surface area contributed by atoms with Gasteiger partial charge in [-0.15, -0.1) is 0 Å². The summed E-state index contributed by atoms with van der Waals surface area (Å²) in [6, 6.07) is 4.04. The summed E-state index contributed by atoms with van der Waals surface area (Å²) >= 11 is 0. The van der Waals surface area contributed by atoms with E-state index < -0.39 is 5.41 Å². The van der Waals surface area contributed by atoms with Crippen molar-refractivity contribution >= 4 is 5.91 Å². The Morgan fingerprint density at radius 2 is 2.06 bits per heavy atom. The van der Waals surface area contributed by atoms with Gasteiger partial charge in [-0.25, -0.2) is 5.84 Å². The molecule has 0 radical (unpaired) electrons. The van der Waals surface area contributed by atoms with Crippen LogP contribution in [0.2, 0.25) is 0 Å². The van der Waals surface area contributed by atoms with E-state index in [0.717, 1.165) is 35.3 Å². The zero-order chi connectivity index (χ0) is 12.6. The maximum absolute atomic E-state index is 11.9. The first-order valence-electron chi connectivity index (χ1n) is 5.72. The van der Waals surface area contributed by atoms with Gasteiger partial charge in [-0.1, -0.05) is 6.07 Å². The van der Waals surface area contributed by atoms with Crippen molar-refractivity contribution in [1.82, 2.24) is 5.43 Å². The first kappa shape index (κ1) is 11.9. The number of amides is 1. The lowest BCUT2D eigenvalue weighted by molar-refractivity contribution is -0.123. The Morgan fingerprint density at radius 1 is 1.41 bits per heavy atom. The van der Waals surface area contributed by atoms with Crippen LogP contribution in [0.3, 0.4) is 0 Å². The molecule has 1 aromatic carbocycles. The topological polar surface area (TPSA) is 64.3 Å². The molecular weight excluding hydrogens is 216 g/mol. The van der Waals surface area contributed by atoms with Gasteiger partial charge in [0.05, 0.1) is 12.5 Å². The van der Waals surface area contributed by atoms with E-state index in [1.807, 2.05) is 19.9 Å². The molecule has 1 amide bonds. The lowest BCUT2D eigenvalue weighted by Gasteiger charge is -2.20. The average Bonchev–Trinajstić information content (AvgIpc) is 3.08. The van der Waals surface area contributed by atoms with Crippen molar-refractivity contribution < 1.29 is 9.53 Å². The highest BCUT2D eigenvalue weighted by atomic mass is 16.5. The Kier molecular flexibility index (Phi) is 2.83. The monoisotopic (exact) mass is 234 g/mol. The van der Waals surface area contributed by atoms with Crippen LogP contribution >= 0.6 is 0 Å². The molecule has 3 N–H and O–H groups in total. The molecule has 1 aliphatic rings. The lowest BCUT2D eigenvalue weighted by Crippen LogP contribution is -2.39. The van der Waals surface area contributed by atoms with Gasteiger partial charge in [0.15, 0.2) is 0 Å². The molecular formula is C13H18N2O2. The van der Waals surface area contributed by atoms with Crippen molar-refractivity contribution in [3.63, 3.8) is 0 Å². The molecule has 1 saturated carbocycles. The van der Waals surface area contributed by atoms with Gasteiger partial charge in [-0.2, -0.15) is 0 Å². The molecule has 0 aliphatic heterocycles. The van der Waals surface area contributed by atoms with Gasteiger partial charge in [-0.3, -0.25) is 10.2 Å². The predicted molar refractivity (Wildman–Crippen MR) is 65.7 cm³/mol. The Bertz CT molecular complexity index is 465. The van der Waals surface area contributed by atoms with E-state index in [1.165, 1.54) is 0 Å². The fourth-order valence-corrected chi connectivity index (χ4v) is 2.56. The molecule has 0 aromatic heterocycles. The van der Waals surface area contributed by atoms with E-state index in [-0.39, 0.29) is 5.91 Å². The fraction of sp³-hybridized carbons (Fsp3) is 0.462. The third kappa shape index (κ3) is 1.78. The van der Waals surface area contributed by atoms with E-state index in [2.05, 4.69) is 11.5 Å². The molecule has 92 valence electrons. The summed E-state index contributed by atoms with van der Waals surface area (Å²) < 4.78 is 5.41. The molecule has 1 aromatic rings. The van der Waals surface area contributed by atoms with Crippen LogP contribution in [0.25, 0.3) is 0 Å². The molecule has 0 bridgehead atoms. The van der Waals surface area contributed by atoms with Crippen molar-refractivity contribution in [3.8, 4) is 5.75 Å². The molecule has 0 heterocycles. The van der Waals surface area contributed by atoms with E-state index in [1.54, 1.807) is 7.11 Å². The summed E-state index contributed by atoms with van der Waals surface area (Å²) in [4.78, 5) is 11.9. The molecule has 4 heteroatoms. The largest absolute Gasteiger partial charge is 0.496 e. The fourth-order valence-electron chi connectivity index (χ4n) is 2.56. The third-order valence-electron chi connectivity index (χ3n) is 3.46. The molecule has 0 unspecified atom stereocenters. The molecule has 4 nitrogen and oxygen atoms in total. The quantitative estimate of drug-likeness (QED) is 0.471. The first-order valence-corrected chi connectivity index (χ1v) is 5.72. The minimum absolute atomic E-state index is 0.122. The number of rotatable bonds is 3. The number of nitrogens with two attached hydrogens (primary N) is 1. The zero-order valence-electron chi connectivity index (χ0n) is 10.5. The highest BCUT2D eigenvalue weighted by Crippen LogP contribution is 2.52. The Hall–Kier alpha value is -1.55. The minimum atomic E-state index is -0.474. The summed E-state index contributed by atoms with van der Waals surface area (Å²) in [5, 5.41) is 0. The van der Waals surface area contributed by atoms with Crippen LogP contribution in [0, 0.1) is 13.8 Å². The maximum Gasteiger partial charge on any atom is 0.244 e. The van der Waals surface area contributed by atoms with Gasteiger partial charge < -0.3 is 4.74 Å². The number of carbonyl (C=O) groups is 1. The molecule has 17 heavy (non-hydrogen) atoms. The number of benzene rings is 1. The normalized spacial score (nSPS) is 16.5. The maximum atomic E-state index is 11.9. The van der Waals surface area contributed by atoms with Gasteiger partial charge in [-0.05, 0) is 43.9 Å². The lowest BCUT2D eigenvalue weighted by atomic mass is 9.89. The van der Waals surface area contributed by atoms with E-state index in [0.29, 0.717) is 0 Å². The smallest absolute Gasteiger partial charge is 0.244 e. The number of hydrogen-bond donors (Lipinski definition) is 2. The van der Waals surface area contributed by atoms with Crippen molar-refractivity contribution in [3.05, 3.63) is 28.8 Å². The number of aryl methyl sites for hydroxylation is 2. The van der Waals surface area contributed by atoms with Gasteiger partial charge in [0.1, 0.15) is 5.75 Å². The average molecular weight is 234 g/mol. The highest BCUT2D eigenvalue weighted by Gasteiger charge is 2.53. The first-order chi connectivity index (χ1) is 8.05. The molecule has 1 aliphatic carbocycles. The van der Waals surface area contributed by atoms with Crippen molar-refractivity contribution in [2.45, 2.75) is 32.1 Å². The molecule has 0 saturated heterocycles. The number of hydrazine groups is 1. The summed E-state index contributed by atoms with van der Waals surface area (Å²) in [5.74, 6) is 5.93. The van der Waals surface area contributed by atoms with Gasteiger partial charge in [0.25, 0.3) is 0 Å². The summed E-state index contributed by atoms with van der Waals surface area (Å²) in [6.45, 7) is 4.02. The van der Waals surface area contributed by atoms with Gasteiger partial charge in [0, 0.05) is 5.56 Å². The van der Waals surface area contributed by atoms with Crippen LogP contribution in [-0.4, -0.2) is 13.0 Å². The van der Waals surface area contributed by atoms with Crippen LogP contribution in [-0.2, 0) is 10.2 Å². The number of methoxy groups -OCH3 is 1. The second-order valence-corrected chi connectivity index (χ2v) is 4.71. The summed E-state index contributed by atoms with van der Waals surface area (Å²) in [5.41, 5.74) is 4.99. The van der Waals surface area contributed by atoms with Crippen LogP contribution < -0.4 is 16.0 Å². The standard InChI is InChI=1S/C13H18N2O2/c1-8-6-9(2)11(10(7-8)17-3)13(4-5-13)12(16)15-14/h6-7H,4-5,14H2,1-3H3,(H,15,16). The van der Waals surface area contributed by atoms with E-state index in [4.69, 9.17) is 10.6 Å². The molecule has 0 spiro atoms. The Balaban J connectivity index is 2.55. The predicted octanol–water partition coefficient (Wildman–Crippen LogP) is 1.33. The van der Waals surface area contributed by atoms with Crippen LogP contribution in [0.4, 0.5) is 0 Å². The Labute approximate surface area is 101 Å². The Morgan fingerprint density at radius 3 is 2.53 bits per heavy atom. The zero-order valence-corrected chi connectivity index (χ0v) is 10.5. The van der Waals surface area contributed by atoms with Crippen LogP contribution in [0.5, 0.6) is 5.75 Å². The molecule has 1 fully saturated rings. The SMILES string of the molecule is COc1cc(C)cc(C)c1C1(C(=O)NN)CC1. The van der Waals surface area contributed by atoms with Crippen molar-refractivity contribution in [2.75, 3.05) is 7.11 Å². The molecule has 2 rings (SSSR count). The van der Waals surface area contributed by atoms with Crippen molar-refractivity contribution in [1.29, 1.82) is 0 Å². The molecule has 0 atom stereocenters. The highest BCUT2D eigenvalue weighted by molar-refractivity contribution is 5.92. The minimum Gasteiger partial charge on any atom is -0.496 e. The van der Waals surface area contributed by atoms with Crippen molar-refractivity contribution in [2.24, 2.45) is 5.84 Å². The third-order valence-corrected chi connectivity index (χ3v) is 3.46. The second kappa shape index (κ2) is 4.04. The number of ether oxygens (including phenoxy) is 1. The number of carbonyl (C=O) groups excluding carboxylic acids is 1. The van der Waals surface area contributed by atoms with Crippen LogP contribution in [0.1, 0.15) is 29.5 Å². The number of hydrogen-bond acceptors (Lipinski definition) is 3.